The van der Waals surface area contributed by atoms with Crippen molar-refractivity contribution < 1.29 is 4.79 Å². The van der Waals surface area contributed by atoms with Gasteiger partial charge in [0, 0.05) is 24.4 Å². The summed E-state index contributed by atoms with van der Waals surface area (Å²) >= 11 is 0. The number of carbonyl (C=O) groups is 1. The largest absolute Gasteiger partial charge is 0.347 e. The molecule has 0 amide bonds. The number of rotatable bonds is 3. The van der Waals surface area contributed by atoms with Gasteiger partial charge in [0.25, 0.3) is 0 Å². The second kappa shape index (κ2) is 3.98. The minimum Gasteiger partial charge on any atom is -0.303 e. The van der Waals surface area contributed by atoms with Crippen molar-refractivity contribution in [3.63, 3.8) is 0 Å². The van der Waals surface area contributed by atoms with Crippen LogP contribution in [0, 0.1) is 13.8 Å². The summed E-state index contributed by atoms with van der Waals surface area (Å²) in [7, 11) is 0. The van der Waals surface area contributed by atoms with Crippen LogP contribution in [0.4, 0.5) is 0 Å². The van der Waals surface area contributed by atoms with E-state index in [-0.39, 0.29) is 5.69 Å². The molecule has 70 valence electrons. The van der Waals surface area contributed by atoms with Crippen molar-refractivity contribution in [3.8, 4) is 0 Å². The van der Waals surface area contributed by atoms with E-state index in [0.717, 1.165) is 12.0 Å². The first kappa shape index (κ1) is 9.64. The van der Waals surface area contributed by atoms with Gasteiger partial charge in [-0.15, -0.1) is 0 Å². The molecule has 0 aliphatic carbocycles. The summed E-state index contributed by atoms with van der Waals surface area (Å²) in [5, 5.41) is 0. The molecule has 0 N–H and O–H groups in total. The lowest BCUT2D eigenvalue weighted by atomic mass is 10.3. The summed E-state index contributed by atoms with van der Waals surface area (Å²) in [6, 6.07) is 1.83. The minimum absolute atomic E-state index is 0.278. The average Bonchev–Trinajstić information content (AvgIpc) is 2.02. The molecular weight excluding hydrogens is 168 g/mol. The Balaban J connectivity index is 3.06. The highest BCUT2D eigenvalue weighted by atomic mass is 16.1. The van der Waals surface area contributed by atoms with E-state index in [1.165, 1.54) is 4.57 Å². The lowest BCUT2D eigenvalue weighted by molar-refractivity contribution is -0.108. The molecular formula is C9H12N2O2. The first-order chi connectivity index (χ1) is 6.15. The molecule has 1 aromatic rings. The fourth-order valence-electron chi connectivity index (χ4n) is 1.23. The van der Waals surface area contributed by atoms with E-state index in [9.17, 15) is 9.59 Å². The molecule has 4 nitrogen and oxygen atoms in total. The molecule has 0 aliphatic heterocycles. The van der Waals surface area contributed by atoms with Crippen LogP contribution >= 0.6 is 0 Å². The third-order valence-corrected chi connectivity index (χ3v) is 1.82. The van der Waals surface area contributed by atoms with Crippen molar-refractivity contribution >= 4 is 6.29 Å². The predicted octanol–water partition coefficient (Wildman–Crippen LogP) is 0.449. The Hall–Kier alpha value is -1.45. The summed E-state index contributed by atoms with van der Waals surface area (Å²) in [6.07, 6.45) is 1.15. The zero-order chi connectivity index (χ0) is 9.84. The number of hydrogen-bond donors (Lipinski definition) is 0. The van der Waals surface area contributed by atoms with Gasteiger partial charge in [0.15, 0.2) is 0 Å². The summed E-state index contributed by atoms with van der Waals surface area (Å²) in [5.41, 5.74) is 1.28. The van der Waals surface area contributed by atoms with E-state index in [1.807, 2.05) is 13.0 Å². The second-order valence-corrected chi connectivity index (χ2v) is 2.93. The lowest BCUT2D eigenvalue weighted by Crippen LogP contribution is -2.25. The third-order valence-electron chi connectivity index (χ3n) is 1.82. The summed E-state index contributed by atoms with van der Waals surface area (Å²) in [4.78, 5) is 25.2. The van der Waals surface area contributed by atoms with Gasteiger partial charge < -0.3 is 4.79 Å². The zero-order valence-electron chi connectivity index (χ0n) is 7.78. The monoisotopic (exact) mass is 180 g/mol. The van der Waals surface area contributed by atoms with Crippen molar-refractivity contribution in [1.29, 1.82) is 0 Å². The van der Waals surface area contributed by atoms with Crippen LogP contribution in [0.3, 0.4) is 0 Å². The van der Waals surface area contributed by atoms with Gasteiger partial charge in [-0.25, -0.2) is 4.79 Å². The van der Waals surface area contributed by atoms with Gasteiger partial charge in [-0.3, -0.25) is 4.57 Å². The smallest absolute Gasteiger partial charge is 0.303 e. The maximum atomic E-state index is 11.3. The molecule has 0 spiro atoms. The molecule has 0 saturated carbocycles. The Bertz CT molecular complexity index is 368. The first-order valence-electron chi connectivity index (χ1n) is 4.14. The van der Waals surface area contributed by atoms with Gasteiger partial charge in [-0.1, -0.05) is 0 Å². The molecule has 0 unspecified atom stereocenters. The Morgan fingerprint density at radius 1 is 1.54 bits per heavy atom. The average molecular weight is 180 g/mol. The topological polar surface area (TPSA) is 52.0 Å². The van der Waals surface area contributed by atoms with Gasteiger partial charge >= 0.3 is 5.69 Å². The van der Waals surface area contributed by atoms with E-state index >= 15 is 0 Å². The van der Waals surface area contributed by atoms with Gasteiger partial charge in [0.2, 0.25) is 0 Å². The van der Waals surface area contributed by atoms with Crippen molar-refractivity contribution in [3.05, 3.63) is 27.9 Å². The highest BCUT2D eigenvalue weighted by Crippen LogP contribution is 1.96. The lowest BCUT2D eigenvalue weighted by Gasteiger charge is -2.06. The molecule has 13 heavy (non-hydrogen) atoms. The summed E-state index contributed by atoms with van der Waals surface area (Å²) in [5.74, 6) is 0. The second-order valence-electron chi connectivity index (χ2n) is 2.93. The minimum atomic E-state index is -0.278. The molecule has 4 heteroatoms. The number of carbonyl (C=O) groups excluding carboxylic acids is 1. The highest BCUT2D eigenvalue weighted by Gasteiger charge is 2.01. The number of aromatic nitrogens is 2. The van der Waals surface area contributed by atoms with E-state index in [2.05, 4.69) is 4.98 Å². The Kier molecular flexibility index (Phi) is 2.95. The van der Waals surface area contributed by atoms with E-state index in [4.69, 9.17) is 0 Å². The normalized spacial score (nSPS) is 10.0. The fraction of sp³-hybridized carbons (Fsp3) is 0.444. The van der Waals surface area contributed by atoms with E-state index in [1.54, 1.807) is 6.92 Å². The van der Waals surface area contributed by atoms with Crippen molar-refractivity contribution in [2.45, 2.75) is 26.8 Å². The molecule has 0 fully saturated rings. The highest BCUT2D eigenvalue weighted by molar-refractivity contribution is 5.48. The summed E-state index contributed by atoms with van der Waals surface area (Å²) in [6.45, 7) is 4.03. The van der Waals surface area contributed by atoms with E-state index < -0.39 is 0 Å². The van der Waals surface area contributed by atoms with Crippen LogP contribution in [0.1, 0.15) is 17.8 Å². The number of aldehydes is 1. The molecule has 0 aliphatic rings. The molecule has 0 aromatic carbocycles. The van der Waals surface area contributed by atoms with Gasteiger partial charge in [-0.05, 0) is 19.9 Å². The van der Waals surface area contributed by atoms with Crippen LogP contribution in [0.25, 0.3) is 0 Å². The Labute approximate surface area is 76.2 Å². The maximum absolute atomic E-state index is 11.3. The van der Waals surface area contributed by atoms with Crippen molar-refractivity contribution in [2.24, 2.45) is 0 Å². The van der Waals surface area contributed by atoms with Crippen LogP contribution in [0.2, 0.25) is 0 Å². The van der Waals surface area contributed by atoms with Gasteiger partial charge in [0.05, 0.1) is 0 Å². The SMILES string of the molecule is Cc1cc(C)n(CCC=O)c(=O)n1. The van der Waals surface area contributed by atoms with Gasteiger partial charge in [-0.2, -0.15) is 4.98 Å². The molecule has 1 aromatic heterocycles. The fourth-order valence-corrected chi connectivity index (χ4v) is 1.23. The molecule has 0 saturated heterocycles. The number of aryl methyl sites for hydroxylation is 2. The maximum Gasteiger partial charge on any atom is 0.347 e. The number of hydrogen-bond acceptors (Lipinski definition) is 3. The Morgan fingerprint density at radius 2 is 2.23 bits per heavy atom. The van der Waals surface area contributed by atoms with Crippen LogP contribution in [-0.4, -0.2) is 15.8 Å². The quantitative estimate of drug-likeness (QED) is 0.634. The van der Waals surface area contributed by atoms with Crippen molar-refractivity contribution in [2.75, 3.05) is 0 Å². The number of nitrogens with zero attached hydrogens (tertiary/aromatic N) is 2. The van der Waals surface area contributed by atoms with Crippen LogP contribution in [0.15, 0.2) is 10.9 Å². The van der Waals surface area contributed by atoms with Gasteiger partial charge in [0.1, 0.15) is 6.29 Å². The standard InChI is InChI=1S/C9H12N2O2/c1-7-6-8(2)11(4-3-5-12)9(13)10-7/h5-6H,3-4H2,1-2H3. The molecule has 0 atom stereocenters. The zero-order valence-corrected chi connectivity index (χ0v) is 7.78. The molecule has 0 radical (unpaired) electrons. The van der Waals surface area contributed by atoms with Crippen LogP contribution in [0.5, 0.6) is 0 Å². The third kappa shape index (κ3) is 2.24. The predicted molar refractivity (Wildman–Crippen MR) is 48.7 cm³/mol. The van der Waals surface area contributed by atoms with Crippen molar-refractivity contribution in [1.82, 2.24) is 9.55 Å². The van der Waals surface area contributed by atoms with Crippen LogP contribution in [-0.2, 0) is 11.3 Å². The van der Waals surface area contributed by atoms with E-state index in [0.29, 0.717) is 18.7 Å². The molecule has 1 heterocycles. The summed E-state index contributed by atoms with van der Waals surface area (Å²) < 4.78 is 1.50. The van der Waals surface area contributed by atoms with Crippen LogP contribution < -0.4 is 5.69 Å². The first-order valence-corrected chi connectivity index (χ1v) is 4.14. The molecule has 1 rings (SSSR count). The Morgan fingerprint density at radius 3 is 2.77 bits per heavy atom. The molecule has 0 bridgehead atoms.